The van der Waals surface area contributed by atoms with E-state index in [0.29, 0.717) is 18.6 Å². The predicted molar refractivity (Wildman–Crippen MR) is 88.3 cm³/mol. The van der Waals surface area contributed by atoms with E-state index < -0.39 is 14.2 Å². The summed E-state index contributed by atoms with van der Waals surface area (Å²) in [7, 11) is -1.02. The molecule has 3 N–H and O–H groups in total. The Morgan fingerprint density at radius 2 is 2.24 bits per heavy atom. The van der Waals surface area contributed by atoms with E-state index in [9.17, 15) is 4.79 Å². The van der Waals surface area contributed by atoms with E-state index in [-0.39, 0.29) is 0 Å². The molecule has 1 aliphatic rings. The van der Waals surface area contributed by atoms with E-state index in [1.165, 1.54) is 12.5 Å². The number of primary amides is 1. The zero-order chi connectivity index (χ0) is 15.7. The summed E-state index contributed by atoms with van der Waals surface area (Å²) in [4.78, 5) is 10.7. The molecular weight excluding hydrogens is 284 g/mol. The standard InChI is InChI=1S/C15H32N2O3Si/c1-21(2,3)10-7-17-14(6-9-20-15(16)18)11-13-5-4-8-19-12-13/h13-14,17H,4-12H2,1-3H3,(H2,16,18)/t13-,14+/m1/s1. The van der Waals surface area contributed by atoms with Gasteiger partial charge in [-0.15, -0.1) is 0 Å². The lowest BCUT2D eigenvalue weighted by Gasteiger charge is -2.28. The number of carbonyl (C=O) groups excluding carboxylic acids is 1. The van der Waals surface area contributed by atoms with Gasteiger partial charge in [0.2, 0.25) is 0 Å². The van der Waals surface area contributed by atoms with Crippen LogP contribution in [-0.2, 0) is 9.47 Å². The Morgan fingerprint density at radius 1 is 1.48 bits per heavy atom. The van der Waals surface area contributed by atoms with Gasteiger partial charge in [-0.25, -0.2) is 4.79 Å². The second-order valence-electron chi connectivity index (χ2n) is 7.24. The van der Waals surface area contributed by atoms with E-state index >= 15 is 0 Å². The SMILES string of the molecule is C[Si](C)(C)CCN[C@@H](CCOC(N)=O)C[C@H]1CCCOC1. The lowest BCUT2D eigenvalue weighted by Crippen LogP contribution is -2.37. The fraction of sp³-hybridized carbons (Fsp3) is 0.933. The molecule has 0 aromatic heterocycles. The van der Waals surface area contributed by atoms with Crippen LogP contribution in [0, 0.1) is 5.92 Å². The zero-order valence-electron chi connectivity index (χ0n) is 13.8. The molecule has 6 heteroatoms. The van der Waals surface area contributed by atoms with Crippen LogP contribution in [0.2, 0.25) is 25.7 Å². The molecule has 0 bridgehead atoms. The minimum Gasteiger partial charge on any atom is -0.450 e. The largest absolute Gasteiger partial charge is 0.450 e. The summed E-state index contributed by atoms with van der Waals surface area (Å²) in [6, 6.07) is 1.65. The number of amides is 1. The van der Waals surface area contributed by atoms with Crippen LogP contribution in [0.5, 0.6) is 0 Å². The molecule has 0 spiro atoms. The van der Waals surface area contributed by atoms with Crippen molar-refractivity contribution in [2.75, 3.05) is 26.4 Å². The van der Waals surface area contributed by atoms with Gasteiger partial charge in [0.05, 0.1) is 6.61 Å². The Balaban J connectivity index is 2.34. The van der Waals surface area contributed by atoms with Gasteiger partial charge < -0.3 is 20.5 Å². The molecule has 1 rings (SSSR count). The molecule has 1 amide bonds. The maximum atomic E-state index is 10.7. The Kier molecular flexibility index (Phi) is 8.29. The lowest BCUT2D eigenvalue weighted by molar-refractivity contribution is 0.0460. The summed E-state index contributed by atoms with van der Waals surface area (Å²) < 4.78 is 10.4. The summed E-state index contributed by atoms with van der Waals surface area (Å²) in [6.45, 7) is 10.4. The summed E-state index contributed by atoms with van der Waals surface area (Å²) >= 11 is 0. The second-order valence-corrected chi connectivity index (χ2v) is 12.9. The predicted octanol–water partition coefficient (Wildman–Crippen LogP) is 2.58. The average Bonchev–Trinajstić information content (AvgIpc) is 2.37. The molecule has 1 aliphatic heterocycles. The molecule has 0 aromatic carbocycles. The fourth-order valence-corrected chi connectivity index (χ4v) is 3.55. The quantitative estimate of drug-likeness (QED) is 0.641. The molecule has 1 fully saturated rings. The number of nitrogens with two attached hydrogens (primary N) is 1. The van der Waals surface area contributed by atoms with Crippen molar-refractivity contribution in [3.63, 3.8) is 0 Å². The first kappa shape index (κ1) is 18.5. The normalized spacial score (nSPS) is 21.0. The molecule has 124 valence electrons. The third-order valence-electron chi connectivity index (χ3n) is 3.89. The van der Waals surface area contributed by atoms with Gasteiger partial charge in [0.25, 0.3) is 0 Å². The maximum Gasteiger partial charge on any atom is 0.404 e. The molecule has 0 radical (unpaired) electrons. The first-order valence-electron chi connectivity index (χ1n) is 8.10. The van der Waals surface area contributed by atoms with Crippen molar-refractivity contribution in [1.82, 2.24) is 5.32 Å². The third kappa shape index (κ3) is 9.87. The van der Waals surface area contributed by atoms with Crippen LogP contribution < -0.4 is 11.1 Å². The van der Waals surface area contributed by atoms with Crippen molar-refractivity contribution in [2.45, 2.75) is 57.4 Å². The Labute approximate surface area is 130 Å². The highest BCUT2D eigenvalue weighted by Gasteiger charge is 2.20. The van der Waals surface area contributed by atoms with Gasteiger partial charge in [-0.1, -0.05) is 19.6 Å². The van der Waals surface area contributed by atoms with Crippen LogP contribution in [0.25, 0.3) is 0 Å². The van der Waals surface area contributed by atoms with E-state index in [1.807, 2.05) is 0 Å². The highest BCUT2D eigenvalue weighted by Crippen LogP contribution is 2.20. The molecule has 21 heavy (non-hydrogen) atoms. The summed E-state index contributed by atoms with van der Waals surface area (Å²) in [5.41, 5.74) is 5.02. The van der Waals surface area contributed by atoms with Crippen molar-refractivity contribution in [3.05, 3.63) is 0 Å². The number of rotatable bonds is 9. The smallest absolute Gasteiger partial charge is 0.404 e. The van der Waals surface area contributed by atoms with Crippen molar-refractivity contribution in [2.24, 2.45) is 11.7 Å². The van der Waals surface area contributed by atoms with Crippen LogP contribution in [0.3, 0.4) is 0 Å². The fourth-order valence-electron chi connectivity index (χ4n) is 2.65. The monoisotopic (exact) mass is 316 g/mol. The molecule has 0 aliphatic carbocycles. The molecule has 0 unspecified atom stereocenters. The van der Waals surface area contributed by atoms with Gasteiger partial charge in [0.15, 0.2) is 0 Å². The molecule has 0 saturated carbocycles. The highest BCUT2D eigenvalue weighted by molar-refractivity contribution is 6.76. The van der Waals surface area contributed by atoms with E-state index in [0.717, 1.165) is 39.0 Å². The van der Waals surface area contributed by atoms with Gasteiger partial charge in [0.1, 0.15) is 0 Å². The number of hydrogen-bond donors (Lipinski definition) is 2. The number of nitrogens with one attached hydrogen (secondary N) is 1. The lowest BCUT2D eigenvalue weighted by atomic mass is 9.93. The minimum atomic E-state index is -1.02. The van der Waals surface area contributed by atoms with Crippen LogP contribution in [0.4, 0.5) is 4.79 Å². The molecule has 2 atom stereocenters. The van der Waals surface area contributed by atoms with Gasteiger partial charge in [-0.05, 0) is 44.2 Å². The van der Waals surface area contributed by atoms with Crippen molar-refractivity contribution < 1.29 is 14.3 Å². The molecule has 1 saturated heterocycles. The second kappa shape index (κ2) is 9.43. The van der Waals surface area contributed by atoms with Crippen molar-refractivity contribution in [1.29, 1.82) is 0 Å². The van der Waals surface area contributed by atoms with Crippen LogP contribution >= 0.6 is 0 Å². The van der Waals surface area contributed by atoms with Gasteiger partial charge in [0, 0.05) is 27.3 Å². The number of hydrogen-bond acceptors (Lipinski definition) is 4. The first-order chi connectivity index (χ1) is 9.87. The zero-order valence-corrected chi connectivity index (χ0v) is 14.8. The van der Waals surface area contributed by atoms with Gasteiger partial charge in [-0.3, -0.25) is 0 Å². The van der Waals surface area contributed by atoms with E-state index in [1.54, 1.807) is 0 Å². The van der Waals surface area contributed by atoms with Crippen molar-refractivity contribution in [3.8, 4) is 0 Å². The minimum absolute atomic E-state index is 0.382. The number of carbonyl (C=O) groups is 1. The molecular formula is C15H32N2O3Si. The van der Waals surface area contributed by atoms with E-state index in [4.69, 9.17) is 15.2 Å². The average molecular weight is 317 g/mol. The summed E-state index contributed by atoms with van der Waals surface area (Å²) in [6.07, 6.45) is 3.63. The van der Waals surface area contributed by atoms with Gasteiger partial charge >= 0.3 is 6.09 Å². The Hall–Kier alpha value is -0.593. The molecule has 0 aromatic rings. The molecule has 1 heterocycles. The Bertz CT molecular complexity index is 302. The first-order valence-corrected chi connectivity index (χ1v) is 11.8. The van der Waals surface area contributed by atoms with E-state index in [2.05, 4.69) is 25.0 Å². The van der Waals surface area contributed by atoms with Crippen LogP contribution in [0.15, 0.2) is 0 Å². The summed E-state index contributed by atoms with van der Waals surface area (Å²) in [5, 5.41) is 3.64. The summed E-state index contributed by atoms with van der Waals surface area (Å²) in [5.74, 6) is 0.622. The van der Waals surface area contributed by atoms with Crippen LogP contribution in [0.1, 0.15) is 25.7 Å². The van der Waals surface area contributed by atoms with Crippen molar-refractivity contribution >= 4 is 14.2 Å². The maximum absolute atomic E-state index is 10.7. The number of ether oxygens (including phenoxy) is 2. The highest BCUT2D eigenvalue weighted by atomic mass is 28.3. The Morgan fingerprint density at radius 3 is 2.81 bits per heavy atom. The topological polar surface area (TPSA) is 73.6 Å². The third-order valence-corrected chi connectivity index (χ3v) is 5.64. The van der Waals surface area contributed by atoms with Crippen LogP contribution in [-0.4, -0.2) is 46.6 Å². The van der Waals surface area contributed by atoms with Gasteiger partial charge in [-0.2, -0.15) is 0 Å². The molecule has 5 nitrogen and oxygen atoms in total.